The number of benzene rings is 2. The lowest BCUT2D eigenvalue weighted by molar-refractivity contribution is -0.385. The molecule has 11 heteroatoms. The molecule has 3 rings (SSSR count). The minimum Gasteiger partial charge on any atom is -0.486 e. The predicted octanol–water partition coefficient (Wildman–Crippen LogP) is 3.86. The molecule has 152 valence electrons. The van der Waals surface area contributed by atoms with Crippen molar-refractivity contribution in [2.75, 3.05) is 18.5 Å². The van der Waals surface area contributed by atoms with Crippen molar-refractivity contribution in [3.63, 3.8) is 0 Å². The summed E-state index contributed by atoms with van der Waals surface area (Å²) in [6, 6.07) is 6.72. The summed E-state index contributed by atoms with van der Waals surface area (Å²) < 4.78 is 15.7. The summed E-state index contributed by atoms with van der Waals surface area (Å²) in [6.07, 6.45) is -1.27. The van der Waals surface area contributed by atoms with Gasteiger partial charge in [0, 0.05) is 11.1 Å². The molecular weight excluding hydrogens is 427 g/mol. The molecule has 0 radical (unpaired) electrons. The number of nitrogens with zero attached hydrogens (tertiary/aromatic N) is 1. The second-order valence-electron chi connectivity index (χ2n) is 5.93. The summed E-state index contributed by atoms with van der Waals surface area (Å²) in [6.45, 7) is 1.78. The molecule has 1 unspecified atom stereocenters. The molecule has 1 N–H and O–H groups in total. The molecule has 0 fully saturated rings. The molecule has 29 heavy (non-hydrogen) atoms. The zero-order chi connectivity index (χ0) is 21.1. The van der Waals surface area contributed by atoms with Gasteiger partial charge in [0.15, 0.2) is 17.6 Å². The van der Waals surface area contributed by atoms with E-state index >= 15 is 0 Å². The average molecular weight is 441 g/mol. The van der Waals surface area contributed by atoms with E-state index in [1.54, 1.807) is 6.07 Å². The van der Waals surface area contributed by atoms with E-state index in [1.807, 2.05) is 0 Å². The standard InChI is InChI=1S/C18H14Cl2N2O7/c1-9(17(23)21-13-6-10(19)2-3-12(13)20)29-18(24)11-7-15-16(28-5-4-27-15)8-14(11)22(25)26/h2-3,6-9H,4-5H2,1H3,(H,21,23). The molecule has 2 aromatic rings. The molecule has 0 spiro atoms. The van der Waals surface area contributed by atoms with Crippen molar-refractivity contribution < 1.29 is 28.7 Å². The Morgan fingerprint density at radius 1 is 1.17 bits per heavy atom. The molecule has 1 aliphatic heterocycles. The average Bonchev–Trinajstić information content (AvgIpc) is 2.69. The van der Waals surface area contributed by atoms with Gasteiger partial charge >= 0.3 is 5.97 Å². The normalized spacial score (nSPS) is 13.3. The third-order valence-corrected chi connectivity index (χ3v) is 4.48. The molecule has 2 aromatic carbocycles. The first kappa shape index (κ1) is 20.7. The number of hydrogen-bond donors (Lipinski definition) is 1. The molecule has 1 aliphatic rings. The Kier molecular flexibility index (Phi) is 6.09. The summed E-state index contributed by atoms with van der Waals surface area (Å²) in [4.78, 5) is 35.4. The van der Waals surface area contributed by atoms with E-state index in [4.69, 9.17) is 37.4 Å². The van der Waals surface area contributed by atoms with Gasteiger partial charge in [-0.3, -0.25) is 14.9 Å². The van der Waals surface area contributed by atoms with Crippen molar-refractivity contribution in [3.8, 4) is 11.5 Å². The van der Waals surface area contributed by atoms with Crippen LogP contribution in [-0.4, -0.2) is 36.1 Å². The maximum absolute atomic E-state index is 12.5. The van der Waals surface area contributed by atoms with E-state index in [9.17, 15) is 19.7 Å². The predicted molar refractivity (Wildman–Crippen MR) is 104 cm³/mol. The topological polar surface area (TPSA) is 117 Å². The van der Waals surface area contributed by atoms with Gasteiger partial charge in [0.05, 0.1) is 21.7 Å². The highest BCUT2D eigenvalue weighted by atomic mass is 35.5. The summed E-state index contributed by atoms with van der Waals surface area (Å²) in [5, 5.41) is 14.4. The van der Waals surface area contributed by atoms with Gasteiger partial charge in [-0.1, -0.05) is 23.2 Å². The molecule has 0 aliphatic carbocycles. The Bertz CT molecular complexity index is 996. The SMILES string of the molecule is CC(OC(=O)c1cc2c(cc1[N+](=O)[O-])OCCO2)C(=O)Nc1cc(Cl)ccc1Cl. The summed E-state index contributed by atoms with van der Waals surface area (Å²) >= 11 is 11.9. The first-order chi connectivity index (χ1) is 13.8. The Labute approximate surface area is 174 Å². The van der Waals surface area contributed by atoms with Gasteiger partial charge < -0.3 is 19.5 Å². The lowest BCUT2D eigenvalue weighted by atomic mass is 10.1. The van der Waals surface area contributed by atoms with E-state index in [2.05, 4.69) is 5.32 Å². The molecule has 0 bridgehead atoms. The third-order valence-electron chi connectivity index (χ3n) is 3.92. The highest BCUT2D eigenvalue weighted by Gasteiger charge is 2.29. The van der Waals surface area contributed by atoms with Crippen LogP contribution in [0.1, 0.15) is 17.3 Å². The van der Waals surface area contributed by atoms with Crippen molar-refractivity contribution in [3.05, 3.63) is 56.1 Å². The number of hydrogen-bond acceptors (Lipinski definition) is 7. The van der Waals surface area contributed by atoms with E-state index in [0.29, 0.717) is 5.02 Å². The van der Waals surface area contributed by atoms with Gasteiger partial charge in [0.1, 0.15) is 18.8 Å². The second-order valence-corrected chi connectivity index (χ2v) is 6.77. The van der Waals surface area contributed by atoms with E-state index in [0.717, 1.165) is 12.1 Å². The van der Waals surface area contributed by atoms with Gasteiger partial charge in [-0.2, -0.15) is 0 Å². The van der Waals surface area contributed by atoms with Crippen LogP contribution in [0.2, 0.25) is 10.0 Å². The van der Waals surface area contributed by atoms with Crippen molar-refractivity contribution in [1.29, 1.82) is 0 Å². The number of esters is 1. The number of ether oxygens (including phenoxy) is 3. The van der Waals surface area contributed by atoms with Crippen LogP contribution in [0, 0.1) is 10.1 Å². The minimum atomic E-state index is -1.27. The number of nitro benzene ring substituents is 1. The summed E-state index contributed by atoms with van der Waals surface area (Å²) in [7, 11) is 0. The molecule has 0 saturated heterocycles. The molecule has 0 aromatic heterocycles. The second kappa shape index (κ2) is 8.54. The molecular formula is C18H14Cl2N2O7. The Balaban J connectivity index is 1.77. The smallest absolute Gasteiger partial charge is 0.346 e. The highest BCUT2D eigenvalue weighted by molar-refractivity contribution is 6.35. The van der Waals surface area contributed by atoms with Gasteiger partial charge in [-0.15, -0.1) is 0 Å². The number of carbonyl (C=O) groups excluding carboxylic acids is 2. The quantitative estimate of drug-likeness (QED) is 0.426. The van der Waals surface area contributed by atoms with Crippen LogP contribution in [0.5, 0.6) is 11.5 Å². The molecule has 1 atom stereocenters. The van der Waals surface area contributed by atoms with Crippen molar-refractivity contribution >= 4 is 46.5 Å². The monoisotopic (exact) mass is 440 g/mol. The molecule has 1 amide bonds. The fourth-order valence-electron chi connectivity index (χ4n) is 2.50. The number of fused-ring (bicyclic) bond motifs is 1. The zero-order valence-electron chi connectivity index (χ0n) is 14.9. The molecule has 0 saturated carbocycles. The maximum Gasteiger partial charge on any atom is 0.346 e. The first-order valence-corrected chi connectivity index (χ1v) is 9.07. The summed E-state index contributed by atoms with van der Waals surface area (Å²) in [5.41, 5.74) is -0.651. The van der Waals surface area contributed by atoms with Crippen molar-refractivity contribution in [2.24, 2.45) is 0 Å². The first-order valence-electron chi connectivity index (χ1n) is 8.31. The van der Waals surface area contributed by atoms with Crippen LogP contribution in [0.3, 0.4) is 0 Å². The van der Waals surface area contributed by atoms with Crippen molar-refractivity contribution in [2.45, 2.75) is 13.0 Å². The number of carbonyl (C=O) groups is 2. The number of nitro groups is 1. The number of anilines is 1. The van der Waals surface area contributed by atoms with Gasteiger partial charge in [-0.25, -0.2) is 4.79 Å². The van der Waals surface area contributed by atoms with Crippen LogP contribution >= 0.6 is 23.2 Å². The zero-order valence-corrected chi connectivity index (χ0v) is 16.5. The lowest BCUT2D eigenvalue weighted by Gasteiger charge is -2.19. The van der Waals surface area contributed by atoms with E-state index < -0.39 is 28.6 Å². The van der Waals surface area contributed by atoms with E-state index in [1.165, 1.54) is 19.1 Å². The fourth-order valence-corrected chi connectivity index (χ4v) is 2.83. The summed E-state index contributed by atoms with van der Waals surface area (Å²) in [5.74, 6) is -1.42. The maximum atomic E-state index is 12.5. The number of rotatable bonds is 5. The Morgan fingerprint density at radius 2 is 1.83 bits per heavy atom. The Morgan fingerprint density at radius 3 is 2.48 bits per heavy atom. The third kappa shape index (κ3) is 4.69. The largest absolute Gasteiger partial charge is 0.486 e. The lowest BCUT2D eigenvalue weighted by Crippen LogP contribution is -2.30. The van der Waals surface area contributed by atoms with Gasteiger partial charge in [0.2, 0.25) is 0 Å². The van der Waals surface area contributed by atoms with Crippen LogP contribution in [-0.2, 0) is 9.53 Å². The number of amides is 1. The van der Waals surface area contributed by atoms with Crippen LogP contribution < -0.4 is 14.8 Å². The molecule has 9 nitrogen and oxygen atoms in total. The molecule has 1 heterocycles. The number of nitrogens with one attached hydrogen (secondary N) is 1. The minimum absolute atomic E-state index is 0.154. The van der Waals surface area contributed by atoms with Gasteiger partial charge in [-0.05, 0) is 25.1 Å². The number of halogens is 2. The highest BCUT2D eigenvalue weighted by Crippen LogP contribution is 2.37. The van der Waals surface area contributed by atoms with Crippen LogP contribution in [0.15, 0.2) is 30.3 Å². The van der Waals surface area contributed by atoms with E-state index in [-0.39, 0.29) is 41.0 Å². The van der Waals surface area contributed by atoms with Gasteiger partial charge in [0.25, 0.3) is 11.6 Å². The van der Waals surface area contributed by atoms with Crippen molar-refractivity contribution in [1.82, 2.24) is 0 Å². The Hall–Kier alpha value is -3.04. The van der Waals surface area contributed by atoms with Crippen LogP contribution in [0.25, 0.3) is 0 Å². The fraction of sp³-hybridized carbons (Fsp3) is 0.222. The van der Waals surface area contributed by atoms with Crippen LogP contribution in [0.4, 0.5) is 11.4 Å².